The van der Waals surface area contributed by atoms with E-state index in [1.165, 1.54) is 0 Å². The lowest BCUT2D eigenvalue weighted by Crippen LogP contribution is -2.05. The number of phenolic OH excluding ortho intramolecular Hbond substituents is 1. The Morgan fingerprint density at radius 3 is 2.29 bits per heavy atom. The van der Waals surface area contributed by atoms with Crippen LogP contribution in [-0.2, 0) is 0 Å². The van der Waals surface area contributed by atoms with Crippen LogP contribution >= 0.6 is 0 Å². The average molecular weight is 201 g/mol. The maximum absolute atomic E-state index is 12.9. The Labute approximate surface area is 81.4 Å². The molecule has 1 rings (SSSR count). The summed E-state index contributed by atoms with van der Waals surface area (Å²) in [6, 6.07) is 2.28. The summed E-state index contributed by atoms with van der Waals surface area (Å²) in [5.41, 5.74) is 5.85. The first-order valence-electron chi connectivity index (χ1n) is 4.44. The lowest BCUT2D eigenvalue weighted by Gasteiger charge is -2.11. The van der Waals surface area contributed by atoms with Gasteiger partial charge in [0.15, 0.2) is 17.4 Å². The van der Waals surface area contributed by atoms with Gasteiger partial charge in [-0.2, -0.15) is 0 Å². The van der Waals surface area contributed by atoms with Gasteiger partial charge in [0.1, 0.15) is 0 Å². The van der Waals surface area contributed by atoms with Gasteiger partial charge in [-0.3, -0.25) is 0 Å². The maximum Gasteiger partial charge on any atom is 0.187 e. The molecule has 1 unspecified atom stereocenters. The summed E-state index contributed by atoms with van der Waals surface area (Å²) in [7, 11) is 0. The second-order valence-electron chi connectivity index (χ2n) is 3.31. The average Bonchev–Trinajstić information content (AvgIpc) is 2.13. The van der Waals surface area contributed by atoms with Gasteiger partial charge in [-0.05, 0) is 36.6 Å². The molecule has 78 valence electrons. The smallest absolute Gasteiger partial charge is 0.187 e. The Balaban J connectivity index is 3.00. The van der Waals surface area contributed by atoms with Crippen molar-refractivity contribution in [3.05, 3.63) is 29.3 Å². The normalized spacial score (nSPS) is 12.9. The third kappa shape index (κ3) is 2.20. The largest absolute Gasteiger partial charge is 0.503 e. The topological polar surface area (TPSA) is 46.2 Å². The minimum atomic E-state index is -0.927. The third-order valence-electron chi connectivity index (χ3n) is 2.21. The van der Waals surface area contributed by atoms with E-state index in [2.05, 4.69) is 0 Å². The van der Waals surface area contributed by atoms with Crippen LogP contribution in [0, 0.1) is 11.6 Å². The zero-order chi connectivity index (χ0) is 10.7. The highest BCUT2D eigenvalue weighted by Gasteiger charge is 2.13. The van der Waals surface area contributed by atoms with Crippen LogP contribution in [0.3, 0.4) is 0 Å². The number of halogens is 2. The summed E-state index contributed by atoms with van der Waals surface area (Å²) >= 11 is 0. The minimum Gasteiger partial charge on any atom is -0.503 e. The number of hydrogen-bond donors (Lipinski definition) is 2. The summed E-state index contributed by atoms with van der Waals surface area (Å²) in [6.07, 6.45) is 0.656. The maximum atomic E-state index is 12.9. The Hall–Kier alpha value is -1.16. The van der Waals surface area contributed by atoms with E-state index in [0.29, 0.717) is 18.5 Å². The van der Waals surface area contributed by atoms with Crippen molar-refractivity contribution in [3.63, 3.8) is 0 Å². The lowest BCUT2D eigenvalue weighted by atomic mass is 9.97. The van der Waals surface area contributed by atoms with Crippen LogP contribution in [0.1, 0.15) is 24.8 Å². The highest BCUT2D eigenvalue weighted by molar-refractivity contribution is 5.31. The Bertz CT molecular complexity index is 305. The monoisotopic (exact) mass is 201 g/mol. The van der Waals surface area contributed by atoms with Gasteiger partial charge in [0.2, 0.25) is 0 Å². The predicted molar refractivity (Wildman–Crippen MR) is 50.1 cm³/mol. The number of benzene rings is 1. The first kappa shape index (κ1) is 10.9. The van der Waals surface area contributed by atoms with E-state index in [0.717, 1.165) is 12.1 Å². The van der Waals surface area contributed by atoms with Crippen LogP contribution in [0.5, 0.6) is 5.75 Å². The lowest BCUT2D eigenvalue weighted by molar-refractivity contribution is 0.394. The van der Waals surface area contributed by atoms with E-state index in [-0.39, 0.29) is 5.92 Å². The fourth-order valence-corrected chi connectivity index (χ4v) is 1.29. The Morgan fingerprint density at radius 2 is 1.86 bits per heavy atom. The zero-order valence-electron chi connectivity index (χ0n) is 7.93. The predicted octanol–water partition coefficient (Wildman–Crippen LogP) is 2.12. The van der Waals surface area contributed by atoms with Crippen LogP contribution in [0.2, 0.25) is 0 Å². The van der Waals surface area contributed by atoms with Crippen LogP contribution in [0.25, 0.3) is 0 Å². The van der Waals surface area contributed by atoms with Crippen molar-refractivity contribution in [2.24, 2.45) is 5.73 Å². The second kappa shape index (κ2) is 4.37. The molecule has 0 radical (unpaired) electrons. The summed E-state index contributed by atoms with van der Waals surface area (Å²) in [5, 5.41) is 8.87. The highest BCUT2D eigenvalue weighted by Crippen LogP contribution is 2.26. The molecule has 2 nitrogen and oxygen atoms in total. The van der Waals surface area contributed by atoms with Crippen molar-refractivity contribution in [3.8, 4) is 5.75 Å². The van der Waals surface area contributed by atoms with E-state index in [9.17, 15) is 8.78 Å². The molecular weight excluding hydrogens is 188 g/mol. The van der Waals surface area contributed by atoms with Crippen molar-refractivity contribution >= 4 is 0 Å². The quantitative estimate of drug-likeness (QED) is 0.786. The van der Waals surface area contributed by atoms with Gasteiger partial charge >= 0.3 is 0 Å². The van der Waals surface area contributed by atoms with Crippen molar-refractivity contribution in [2.75, 3.05) is 6.54 Å². The molecule has 1 aromatic rings. The van der Waals surface area contributed by atoms with E-state index in [1.54, 1.807) is 0 Å². The summed E-state index contributed by atoms with van der Waals surface area (Å²) in [5.74, 6) is -2.79. The van der Waals surface area contributed by atoms with Crippen molar-refractivity contribution in [2.45, 2.75) is 19.3 Å². The molecule has 0 spiro atoms. The van der Waals surface area contributed by atoms with Gasteiger partial charge in [0, 0.05) is 0 Å². The van der Waals surface area contributed by atoms with Gasteiger partial charge in [0.05, 0.1) is 0 Å². The van der Waals surface area contributed by atoms with Gasteiger partial charge in [-0.15, -0.1) is 0 Å². The molecule has 0 saturated heterocycles. The molecule has 0 saturated carbocycles. The molecule has 0 aliphatic rings. The van der Waals surface area contributed by atoms with Crippen LogP contribution < -0.4 is 5.73 Å². The molecule has 0 aliphatic heterocycles. The van der Waals surface area contributed by atoms with E-state index in [4.69, 9.17) is 10.8 Å². The molecular formula is C10H13F2NO. The summed E-state index contributed by atoms with van der Waals surface area (Å²) < 4.78 is 25.8. The molecule has 4 heteroatoms. The number of rotatable bonds is 3. The molecule has 0 bridgehead atoms. The van der Waals surface area contributed by atoms with E-state index in [1.807, 2.05) is 6.92 Å². The number of hydrogen-bond acceptors (Lipinski definition) is 2. The highest BCUT2D eigenvalue weighted by atomic mass is 19.1. The molecule has 0 amide bonds. The fraction of sp³-hybridized carbons (Fsp3) is 0.400. The number of phenols is 1. The fourth-order valence-electron chi connectivity index (χ4n) is 1.29. The SMILES string of the molecule is CC(CCN)c1cc(F)c(O)c(F)c1. The molecule has 14 heavy (non-hydrogen) atoms. The third-order valence-corrected chi connectivity index (χ3v) is 2.21. The standard InChI is InChI=1S/C10H13F2NO/c1-6(2-3-13)7-4-8(11)10(14)9(12)5-7/h4-6,14H,2-3,13H2,1H3. The summed E-state index contributed by atoms with van der Waals surface area (Å²) in [6.45, 7) is 2.30. The Morgan fingerprint density at radius 1 is 1.36 bits per heavy atom. The molecule has 0 heterocycles. The van der Waals surface area contributed by atoms with E-state index >= 15 is 0 Å². The van der Waals surface area contributed by atoms with Crippen molar-refractivity contribution < 1.29 is 13.9 Å². The Kier molecular flexibility index (Phi) is 3.41. The molecule has 1 atom stereocenters. The second-order valence-corrected chi connectivity index (χ2v) is 3.31. The minimum absolute atomic E-state index is 0.00963. The molecule has 1 aromatic carbocycles. The van der Waals surface area contributed by atoms with Gasteiger partial charge < -0.3 is 10.8 Å². The van der Waals surface area contributed by atoms with Crippen molar-refractivity contribution in [1.29, 1.82) is 0 Å². The van der Waals surface area contributed by atoms with E-state index < -0.39 is 17.4 Å². The zero-order valence-corrected chi connectivity index (χ0v) is 7.93. The first-order valence-corrected chi connectivity index (χ1v) is 4.44. The summed E-state index contributed by atoms with van der Waals surface area (Å²) in [4.78, 5) is 0. The van der Waals surface area contributed by atoms with Crippen LogP contribution in [-0.4, -0.2) is 11.7 Å². The first-order chi connectivity index (χ1) is 6.56. The molecule has 0 fully saturated rings. The van der Waals surface area contributed by atoms with Gasteiger partial charge in [-0.25, -0.2) is 8.78 Å². The number of nitrogens with two attached hydrogens (primary N) is 1. The van der Waals surface area contributed by atoms with Crippen molar-refractivity contribution in [1.82, 2.24) is 0 Å². The number of aromatic hydroxyl groups is 1. The molecule has 0 aromatic heterocycles. The molecule has 0 aliphatic carbocycles. The van der Waals surface area contributed by atoms with Crippen LogP contribution in [0.15, 0.2) is 12.1 Å². The van der Waals surface area contributed by atoms with Gasteiger partial charge in [-0.1, -0.05) is 6.92 Å². The molecule has 3 N–H and O–H groups in total. The van der Waals surface area contributed by atoms with Gasteiger partial charge in [0.25, 0.3) is 0 Å². The van der Waals surface area contributed by atoms with Crippen LogP contribution in [0.4, 0.5) is 8.78 Å².